The van der Waals surface area contributed by atoms with Crippen LogP contribution >= 0.6 is 0 Å². The smallest absolute Gasteiger partial charge is 0.414 e. The fraction of sp³-hybridized carbons (Fsp3) is 0.278. The first-order valence-corrected chi connectivity index (χ1v) is 8.58. The molecule has 1 aromatic heterocycles. The molecule has 2 N–H and O–H groups in total. The third-order valence-electron chi connectivity index (χ3n) is 4.71. The summed E-state index contributed by atoms with van der Waals surface area (Å²) in [5.41, 5.74) is 1.12. The molecule has 0 radical (unpaired) electrons. The summed E-state index contributed by atoms with van der Waals surface area (Å²) in [5, 5.41) is 12.0. The minimum Gasteiger partial charge on any atom is -0.442 e. The van der Waals surface area contributed by atoms with Crippen LogP contribution in [-0.2, 0) is 16.1 Å². The average molecular weight is 388 g/mol. The summed E-state index contributed by atoms with van der Waals surface area (Å²) in [5.74, 6) is -0.773. The lowest BCUT2D eigenvalue weighted by molar-refractivity contribution is -0.119. The Hall–Kier alpha value is -3.56. The maximum atomic E-state index is 14.7. The van der Waals surface area contributed by atoms with Crippen molar-refractivity contribution in [3.8, 4) is 0 Å². The predicted octanol–water partition coefficient (Wildman–Crippen LogP) is 1.04. The molecule has 0 spiro atoms. The van der Waals surface area contributed by atoms with Gasteiger partial charge in [-0.3, -0.25) is 14.3 Å². The van der Waals surface area contributed by atoms with Crippen LogP contribution in [0.3, 0.4) is 0 Å². The number of aromatic nitrogens is 2. The molecule has 1 fully saturated rings. The fourth-order valence-electron chi connectivity index (χ4n) is 3.34. The average Bonchev–Trinajstić information content (AvgIpc) is 3.29. The summed E-state index contributed by atoms with van der Waals surface area (Å²) in [7, 11) is 0. The van der Waals surface area contributed by atoms with E-state index >= 15 is 0 Å². The highest BCUT2D eigenvalue weighted by Crippen LogP contribution is 2.31. The van der Waals surface area contributed by atoms with Crippen LogP contribution in [0.2, 0.25) is 0 Å². The van der Waals surface area contributed by atoms with Crippen LogP contribution in [0.25, 0.3) is 11.6 Å². The number of nitrogens with zero attached hydrogens (tertiary/aromatic N) is 3. The van der Waals surface area contributed by atoms with E-state index in [-0.39, 0.29) is 25.5 Å². The number of amides is 2. The van der Waals surface area contributed by atoms with E-state index in [1.165, 1.54) is 34.7 Å². The highest BCUT2D eigenvalue weighted by atomic mass is 19.1. The van der Waals surface area contributed by atoms with E-state index in [9.17, 15) is 24.0 Å². The van der Waals surface area contributed by atoms with Gasteiger partial charge in [-0.05, 0) is 29.8 Å². The standard InChI is InChI=1S/C18H17FN4O5/c1-10(24)20-6-14-9-22(18(26)28-14)12-2-3-15(16(19)5-12)11-4-13-8-23(27)17(25)21(13)7-11/h2-5,8,14,27H,6-7,9H2,1H3,(H,20,24)/t14-/m0/s1. The van der Waals surface area contributed by atoms with Crippen molar-refractivity contribution in [2.45, 2.75) is 19.6 Å². The molecule has 2 aromatic rings. The van der Waals surface area contributed by atoms with Gasteiger partial charge < -0.3 is 15.3 Å². The molecule has 1 atom stereocenters. The minimum absolute atomic E-state index is 0.141. The van der Waals surface area contributed by atoms with E-state index in [1.54, 1.807) is 12.1 Å². The monoisotopic (exact) mass is 388 g/mol. The number of halogens is 1. The van der Waals surface area contributed by atoms with Crippen LogP contribution in [0, 0.1) is 5.82 Å². The van der Waals surface area contributed by atoms with Gasteiger partial charge in [0.25, 0.3) is 0 Å². The normalized spacial score (nSPS) is 18.1. The summed E-state index contributed by atoms with van der Waals surface area (Å²) in [6.07, 6.45) is 1.77. The second kappa shape index (κ2) is 6.55. The number of allylic oxidation sites excluding steroid dienone is 1. The lowest BCUT2D eigenvalue weighted by Gasteiger charge is -2.15. The van der Waals surface area contributed by atoms with E-state index < -0.39 is 23.7 Å². The van der Waals surface area contributed by atoms with Crippen LogP contribution < -0.4 is 15.9 Å². The lowest BCUT2D eigenvalue weighted by Crippen LogP contribution is -2.33. The Morgan fingerprint density at radius 2 is 2.18 bits per heavy atom. The molecular weight excluding hydrogens is 371 g/mol. The molecule has 1 saturated heterocycles. The summed E-state index contributed by atoms with van der Waals surface area (Å²) in [6, 6.07) is 4.37. The molecule has 4 rings (SSSR count). The minimum atomic E-state index is -0.609. The molecule has 146 valence electrons. The number of carbonyl (C=O) groups excluding carboxylic acids is 2. The number of fused-ring (bicyclic) bond motifs is 1. The van der Waals surface area contributed by atoms with Gasteiger partial charge in [0.2, 0.25) is 5.91 Å². The van der Waals surface area contributed by atoms with E-state index in [4.69, 9.17) is 4.74 Å². The van der Waals surface area contributed by atoms with Gasteiger partial charge in [0.05, 0.1) is 37.2 Å². The second-order valence-corrected chi connectivity index (χ2v) is 6.65. The third-order valence-corrected chi connectivity index (χ3v) is 4.71. The van der Waals surface area contributed by atoms with Crippen molar-refractivity contribution in [1.82, 2.24) is 14.6 Å². The Labute approximate surface area is 158 Å². The van der Waals surface area contributed by atoms with Crippen molar-refractivity contribution in [1.29, 1.82) is 0 Å². The van der Waals surface area contributed by atoms with Gasteiger partial charge in [-0.25, -0.2) is 14.0 Å². The zero-order chi connectivity index (χ0) is 20.0. The predicted molar refractivity (Wildman–Crippen MR) is 96.4 cm³/mol. The van der Waals surface area contributed by atoms with Gasteiger partial charge in [0, 0.05) is 12.5 Å². The van der Waals surface area contributed by atoms with Crippen LogP contribution in [0.4, 0.5) is 14.9 Å². The maximum Gasteiger partial charge on any atom is 0.414 e. The number of ether oxygens (including phenoxy) is 1. The number of anilines is 1. The van der Waals surface area contributed by atoms with E-state index in [1.807, 2.05) is 0 Å². The van der Waals surface area contributed by atoms with Gasteiger partial charge in [-0.1, -0.05) is 0 Å². The van der Waals surface area contributed by atoms with Gasteiger partial charge in [0.1, 0.15) is 11.9 Å². The molecular formula is C18H17FN4O5. The van der Waals surface area contributed by atoms with Crippen molar-refractivity contribution in [2.24, 2.45) is 0 Å². The summed E-state index contributed by atoms with van der Waals surface area (Å²) < 4.78 is 21.7. The zero-order valence-electron chi connectivity index (χ0n) is 14.9. The highest BCUT2D eigenvalue weighted by molar-refractivity contribution is 5.91. The lowest BCUT2D eigenvalue weighted by atomic mass is 10.0. The molecule has 9 nitrogen and oxygen atoms in total. The fourth-order valence-corrected chi connectivity index (χ4v) is 3.34. The Morgan fingerprint density at radius 1 is 1.39 bits per heavy atom. The SMILES string of the molecule is CC(=O)NC[C@H]1CN(c2ccc(C3=Cc4cn(O)c(=O)n4C3)c(F)c2)C(=O)O1. The quantitative estimate of drug-likeness (QED) is 0.762. The summed E-state index contributed by atoms with van der Waals surface area (Å²) >= 11 is 0. The summed E-state index contributed by atoms with van der Waals surface area (Å²) in [4.78, 5) is 36.1. The van der Waals surface area contributed by atoms with Crippen molar-refractivity contribution >= 4 is 29.3 Å². The third kappa shape index (κ3) is 3.02. The number of hydrogen-bond acceptors (Lipinski definition) is 5. The van der Waals surface area contributed by atoms with E-state index in [2.05, 4.69) is 5.32 Å². The number of cyclic esters (lactones) is 1. The number of rotatable bonds is 4. The number of hydrogen-bond donors (Lipinski definition) is 2. The van der Waals surface area contributed by atoms with Crippen LogP contribution in [0.15, 0.2) is 29.2 Å². The Bertz CT molecular complexity index is 1070. The number of imidazole rings is 1. The molecule has 0 saturated carbocycles. The molecule has 0 aliphatic carbocycles. The molecule has 10 heteroatoms. The maximum absolute atomic E-state index is 14.7. The second-order valence-electron chi connectivity index (χ2n) is 6.65. The number of carbonyl (C=O) groups is 2. The Morgan fingerprint density at radius 3 is 2.86 bits per heavy atom. The first-order valence-electron chi connectivity index (χ1n) is 8.58. The van der Waals surface area contributed by atoms with Gasteiger partial charge in [-0.15, -0.1) is 4.73 Å². The largest absolute Gasteiger partial charge is 0.442 e. The van der Waals surface area contributed by atoms with Crippen molar-refractivity contribution in [2.75, 3.05) is 18.0 Å². The molecule has 0 unspecified atom stereocenters. The van der Waals surface area contributed by atoms with E-state index in [0.717, 1.165) is 0 Å². The molecule has 28 heavy (non-hydrogen) atoms. The Balaban J connectivity index is 1.53. The van der Waals surface area contributed by atoms with Crippen molar-refractivity contribution in [3.05, 3.63) is 52.0 Å². The van der Waals surface area contributed by atoms with Gasteiger partial charge >= 0.3 is 11.8 Å². The summed E-state index contributed by atoms with van der Waals surface area (Å²) in [6.45, 7) is 1.89. The molecule has 2 aliphatic heterocycles. The van der Waals surface area contributed by atoms with E-state index in [0.29, 0.717) is 27.2 Å². The van der Waals surface area contributed by atoms with Crippen molar-refractivity contribution < 1.29 is 23.9 Å². The zero-order valence-corrected chi connectivity index (χ0v) is 14.9. The first kappa shape index (κ1) is 17.8. The highest BCUT2D eigenvalue weighted by Gasteiger charge is 2.33. The molecule has 1 aromatic carbocycles. The molecule has 3 heterocycles. The van der Waals surface area contributed by atoms with Crippen LogP contribution in [0.5, 0.6) is 0 Å². The topological polar surface area (TPSA) is 106 Å². The first-order chi connectivity index (χ1) is 13.3. The number of nitrogens with one attached hydrogen (secondary N) is 1. The van der Waals surface area contributed by atoms with Crippen LogP contribution in [-0.4, -0.2) is 45.7 Å². The van der Waals surface area contributed by atoms with Gasteiger partial charge in [0.15, 0.2) is 0 Å². The van der Waals surface area contributed by atoms with Gasteiger partial charge in [-0.2, -0.15) is 0 Å². The van der Waals surface area contributed by atoms with Crippen LogP contribution in [0.1, 0.15) is 18.2 Å². The number of benzene rings is 1. The van der Waals surface area contributed by atoms with Crippen molar-refractivity contribution in [3.63, 3.8) is 0 Å². The molecule has 2 aliphatic rings. The Kier molecular flexibility index (Phi) is 4.17. The molecule has 2 amide bonds. The molecule has 0 bridgehead atoms.